The second-order valence-corrected chi connectivity index (χ2v) is 5.03. The van der Waals surface area contributed by atoms with Crippen molar-refractivity contribution in [2.75, 3.05) is 0 Å². The standard InChI is InChI=1S/C8H15O2.HI.Zn/c1-5-6-7(9)10-8(2,3)4;;/h1,5-6H2,2-4H3;1H;/q;;+1/p-1. The molecule has 0 N–H and O–H groups in total. The molecule has 0 saturated heterocycles. The zero-order chi connectivity index (χ0) is 8.91. The molecule has 12 heavy (non-hydrogen) atoms. The van der Waals surface area contributed by atoms with E-state index in [4.69, 9.17) is 4.74 Å². The minimum absolute atomic E-state index is 0. The van der Waals surface area contributed by atoms with Gasteiger partial charge in [-0.3, -0.25) is 0 Å². The Bertz CT molecular complexity index is 132. The molecule has 0 aliphatic heterocycles. The van der Waals surface area contributed by atoms with Gasteiger partial charge in [0.25, 0.3) is 0 Å². The zero-order valence-electron chi connectivity index (χ0n) is 8.02. The second kappa shape index (κ2) is 7.25. The third kappa shape index (κ3) is 10.8. The summed E-state index contributed by atoms with van der Waals surface area (Å²) in [4.78, 5) is 11.0. The molecule has 0 saturated carbocycles. The molecule has 0 rings (SSSR count). The van der Waals surface area contributed by atoms with Crippen LogP contribution < -0.4 is 24.0 Å². The molecule has 0 radical (unpaired) electrons. The van der Waals surface area contributed by atoms with Gasteiger partial charge in [-0.05, 0) is 0 Å². The maximum atomic E-state index is 11.0. The number of esters is 1. The average molecular weight is 335 g/mol. The molecule has 0 amide bonds. The molecule has 0 fully saturated rings. The minimum atomic E-state index is -0.318. The van der Waals surface area contributed by atoms with Gasteiger partial charge >= 0.3 is 78.0 Å². The number of ether oxygens (including phenoxy) is 1. The van der Waals surface area contributed by atoms with E-state index >= 15 is 0 Å². The minimum Gasteiger partial charge on any atom is -1.00 e. The molecule has 68 valence electrons. The van der Waals surface area contributed by atoms with E-state index in [-0.39, 0.29) is 35.5 Å². The van der Waals surface area contributed by atoms with E-state index in [0.717, 1.165) is 6.42 Å². The van der Waals surface area contributed by atoms with Gasteiger partial charge in [0.1, 0.15) is 0 Å². The van der Waals surface area contributed by atoms with E-state index in [1.807, 2.05) is 20.8 Å². The van der Waals surface area contributed by atoms with Crippen molar-refractivity contribution in [2.24, 2.45) is 0 Å². The number of carbonyl (C=O) groups is 1. The largest absolute Gasteiger partial charge is 1.00 e. The molecule has 0 aromatic heterocycles. The molecule has 0 aliphatic rings. The third-order valence-corrected chi connectivity index (χ3v) is 2.10. The van der Waals surface area contributed by atoms with Crippen LogP contribution in [0, 0.1) is 0 Å². The summed E-state index contributed by atoms with van der Waals surface area (Å²) in [5.74, 6) is -0.0639. The summed E-state index contributed by atoms with van der Waals surface area (Å²) in [6.45, 7) is 5.68. The first kappa shape index (κ1) is 15.3. The molecule has 4 heteroatoms. The Morgan fingerprint density at radius 3 is 2.25 bits per heavy atom. The van der Waals surface area contributed by atoms with Crippen molar-refractivity contribution in [1.82, 2.24) is 0 Å². The number of hydrogen-bond acceptors (Lipinski definition) is 2. The maximum absolute atomic E-state index is 11.0. The van der Waals surface area contributed by atoms with E-state index in [1.54, 1.807) is 0 Å². The number of carbonyl (C=O) groups excluding carboxylic acids is 1. The molecule has 0 aromatic carbocycles. The monoisotopic (exact) mass is 334 g/mol. The van der Waals surface area contributed by atoms with Crippen molar-refractivity contribution in [3.8, 4) is 0 Å². The van der Waals surface area contributed by atoms with Gasteiger partial charge < -0.3 is 24.0 Å². The van der Waals surface area contributed by atoms with Crippen LogP contribution in [0.3, 0.4) is 0 Å². The van der Waals surface area contributed by atoms with Crippen molar-refractivity contribution in [3.63, 3.8) is 0 Å². The SMILES string of the molecule is CC(C)(C)OC(=O)CC[CH2][Zn+].[I-]. The van der Waals surface area contributed by atoms with Gasteiger partial charge in [0, 0.05) is 0 Å². The van der Waals surface area contributed by atoms with Gasteiger partial charge in [0.05, 0.1) is 0 Å². The third-order valence-electron chi connectivity index (χ3n) is 1.05. The summed E-state index contributed by atoms with van der Waals surface area (Å²) in [7, 11) is 0. The van der Waals surface area contributed by atoms with E-state index in [2.05, 4.69) is 0 Å². The van der Waals surface area contributed by atoms with Gasteiger partial charge in [-0.1, -0.05) is 0 Å². The Morgan fingerprint density at radius 2 is 1.92 bits per heavy atom. The van der Waals surface area contributed by atoms with E-state index < -0.39 is 0 Å². The Morgan fingerprint density at radius 1 is 1.42 bits per heavy atom. The van der Waals surface area contributed by atoms with E-state index in [1.165, 1.54) is 23.3 Å². The Kier molecular flexibility index (Phi) is 9.24. The second-order valence-electron chi connectivity index (χ2n) is 3.54. The molecule has 0 aliphatic carbocycles. The van der Waals surface area contributed by atoms with Crippen molar-refractivity contribution in [3.05, 3.63) is 0 Å². The van der Waals surface area contributed by atoms with Gasteiger partial charge in [-0.25, -0.2) is 0 Å². The number of rotatable bonds is 3. The van der Waals surface area contributed by atoms with Crippen LogP contribution in [0.4, 0.5) is 0 Å². The molecule has 0 bridgehead atoms. The Labute approximate surface area is 102 Å². The van der Waals surface area contributed by atoms with Crippen LogP contribution >= 0.6 is 0 Å². The summed E-state index contributed by atoms with van der Waals surface area (Å²) in [6, 6.07) is 0. The number of halogens is 1. The van der Waals surface area contributed by atoms with Crippen molar-refractivity contribution in [2.45, 2.75) is 44.2 Å². The first-order valence-electron chi connectivity index (χ1n) is 3.97. The molecular weight excluding hydrogens is 320 g/mol. The smallest absolute Gasteiger partial charge is 1.00 e. The summed E-state index contributed by atoms with van der Waals surface area (Å²) in [5.41, 5.74) is -0.318. The van der Waals surface area contributed by atoms with Crippen molar-refractivity contribution < 1.29 is 51.8 Å². The molecule has 0 aromatic rings. The first-order chi connectivity index (χ1) is 4.95. The van der Waals surface area contributed by atoms with Gasteiger partial charge in [0.15, 0.2) is 0 Å². The zero-order valence-corrected chi connectivity index (χ0v) is 13.1. The summed E-state index contributed by atoms with van der Waals surface area (Å²) in [5, 5.41) is 1.17. The van der Waals surface area contributed by atoms with E-state index in [0.29, 0.717) is 6.42 Å². The fraction of sp³-hybridized carbons (Fsp3) is 0.875. The topological polar surface area (TPSA) is 26.3 Å². The molecule has 0 unspecified atom stereocenters. The average Bonchev–Trinajstić information content (AvgIpc) is 1.79. The summed E-state index contributed by atoms with van der Waals surface area (Å²) < 4.78 is 5.11. The molecule has 0 heterocycles. The van der Waals surface area contributed by atoms with E-state index in [9.17, 15) is 4.79 Å². The van der Waals surface area contributed by atoms with Crippen LogP contribution in [0.25, 0.3) is 0 Å². The predicted octanol–water partition coefficient (Wildman–Crippen LogP) is -0.923. The van der Waals surface area contributed by atoms with Crippen LogP contribution in [-0.2, 0) is 27.8 Å². The van der Waals surface area contributed by atoms with Gasteiger partial charge in [-0.15, -0.1) is 0 Å². The Balaban J connectivity index is 0. The molecule has 0 spiro atoms. The normalized spacial score (nSPS) is 10.4. The van der Waals surface area contributed by atoms with Crippen molar-refractivity contribution >= 4 is 5.97 Å². The van der Waals surface area contributed by atoms with Crippen LogP contribution in [0.2, 0.25) is 5.02 Å². The molecule has 0 atom stereocenters. The fourth-order valence-corrected chi connectivity index (χ4v) is 1.19. The number of hydrogen-bond donors (Lipinski definition) is 0. The first-order valence-corrected chi connectivity index (χ1v) is 6.06. The molecule has 2 nitrogen and oxygen atoms in total. The van der Waals surface area contributed by atoms with Crippen LogP contribution in [0.1, 0.15) is 33.6 Å². The predicted molar refractivity (Wildman–Crippen MR) is 39.9 cm³/mol. The molecular formula is C8H15IO2Zn. The fourth-order valence-electron chi connectivity index (χ4n) is 0.662. The van der Waals surface area contributed by atoms with Gasteiger partial charge in [0.2, 0.25) is 0 Å². The van der Waals surface area contributed by atoms with Crippen molar-refractivity contribution in [1.29, 1.82) is 0 Å². The van der Waals surface area contributed by atoms with Gasteiger partial charge in [-0.2, -0.15) is 0 Å². The Hall–Kier alpha value is 0.823. The van der Waals surface area contributed by atoms with Crippen LogP contribution in [0.5, 0.6) is 0 Å². The summed E-state index contributed by atoms with van der Waals surface area (Å²) >= 11 is 1.27. The van der Waals surface area contributed by atoms with Crippen LogP contribution in [0.15, 0.2) is 0 Å². The maximum Gasteiger partial charge on any atom is -1.00 e. The quantitative estimate of drug-likeness (QED) is 0.379. The van der Waals surface area contributed by atoms with Crippen LogP contribution in [-0.4, -0.2) is 11.6 Å². The summed E-state index contributed by atoms with van der Waals surface area (Å²) in [6.07, 6.45) is 1.56.